The first kappa shape index (κ1) is 25.9. The van der Waals surface area contributed by atoms with Crippen LogP contribution < -0.4 is 9.46 Å². The third-order valence-corrected chi connectivity index (χ3v) is 7.45. The summed E-state index contributed by atoms with van der Waals surface area (Å²) in [4.78, 5) is 8.57. The zero-order chi connectivity index (χ0) is 26.0. The predicted octanol–water partition coefficient (Wildman–Crippen LogP) is 2.37. The van der Waals surface area contributed by atoms with Crippen LogP contribution in [-0.4, -0.2) is 63.3 Å². The summed E-state index contributed by atoms with van der Waals surface area (Å²) in [5.41, 5.74) is 2.30. The molecule has 36 heavy (non-hydrogen) atoms. The number of sulfonamides is 1. The van der Waals surface area contributed by atoms with Crippen LogP contribution in [0.2, 0.25) is 0 Å². The lowest BCUT2D eigenvalue weighted by Crippen LogP contribution is -2.35. The van der Waals surface area contributed by atoms with E-state index in [9.17, 15) is 13.5 Å². The second kappa shape index (κ2) is 10.5. The first-order valence-corrected chi connectivity index (χ1v) is 13.0. The van der Waals surface area contributed by atoms with Gasteiger partial charge in [-0.05, 0) is 51.0 Å². The Morgan fingerprint density at radius 2 is 1.94 bits per heavy atom. The van der Waals surface area contributed by atoms with Gasteiger partial charge in [0.05, 0.1) is 26.4 Å². The number of aliphatic hydroxyl groups excluding tert-OH is 1. The first-order chi connectivity index (χ1) is 17.1. The quantitative estimate of drug-likeness (QED) is 0.432. The lowest BCUT2D eigenvalue weighted by Gasteiger charge is -2.26. The van der Waals surface area contributed by atoms with E-state index in [1.54, 1.807) is 45.5 Å². The molecule has 0 saturated heterocycles. The van der Waals surface area contributed by atoms with Gasteiger partial charge in [0.15, 0.2) is 17.9 Å². The molecule has 12 nitrogen and oxygen atoms in total. The third-order valence-electron chi connectivity index (χ3n) is 5.75. The van der Waals surface area contributed by atoms with Crippen molar-refractivity contribution in [3.05, 3.63) is 47.5 Å². The minimum Gasteiger partial charge on any atom is -0.497 e. The highest BCUT2D eigenvalue weighted by molar-refractivity contribution is 7.93. The summed E-state index contributed by atoms with van der Waals surface area (Å²) in [6.45, 7) is 6.73. The number of anilines is 1. The molecular formula is C23H30N6O6S. The van der Waals surface area contributed by atoms with E-state index in [4.69, 9.17) is 14.2 Å². The van der Waals surface area contributed by atoms with Gasteiger partial charge >= 0.3 is 0 Å². The number of nitrogens with one attached hydrogen (secondary N) is 1. The Balaban J connectivity index is 1.71. The number of nitrogens with zero attached hydrogens (tertiary/aromatic N) is 5. The molecule has 1 aromatic carbocycles. The van der Waals surface area contributed by atoms with Crippen LogP contribution in [-0.2, 0) is 26.1 Å². The van der Waals surface area contributed by atoms with Crippen LogP contribution >= 0.6 is 0 Å². The van der Waals surface area contributed by atoms with Gasteiger partial charge in [0.25, 0.3) is 0 Å². The monoisotopic (exact) mass is 518 g/mol. The highest BCUT2D eigenvalue weighted by Crippen LogP contribution is 2.36. The number of fused-ring (bicyclic) bond motifs is 3. The number of methoxy groups -OCH3 is 1. The Morgan fingerprint density at radius 3 is 2.58 bits per heavy atom. The van der Waals surface area contributed by atoms with Crippen LogP contribution in [0.5, 0.6) is 5.75 Å². The SMILES string of the molecule is COc1ccc2c(c1)-c1nnc(NS(=O)(=O)[C@@H](C)[C@@H](OC(C)C)c3ncc(C)cn3)n1[C@H](CO)OC2. The van der Waals surface area contributed by atoms with Gasteiger partial charge in [-0.1, -0.05) is 6.07 Å². The average molecular weight is 519 g/mol. The molecule has 2 aromatic heterocycles. The van der Waals surface area contributed by atoms with E-state index in [-0.39, 0.29) is 24.5 Å². The fourth-order valence-corrected chi connectivity index (χ4v) is 4.93. The molecule has 0 unspecified atom stereocenters. The van der Waals surface area contributed by atoms with Crippen molar-refractivity contribution in [1.82, 2.24) is 24.7 Å². The molecule has 0 bridgehead atoms. The largest absolute Gasteiger partial charge is 0.497 e. The van der Waals surface area contributed by atoms with Crippen molar-refractivity contribution < 1.29 is 27.7 Å². The van der Waals surface area contributed by atoms with Crippen LogP contribution in [0.3, 0.4) is 0 Å². The number of benzene rings is 1. The maximum atomic E-state index is 13.5. The van der Waals surface area contributed by atoms with Crippen molar-refractivity contribution in [3.63, 3.8) is 0 Å². The highest BCUT2D eigenvalue weighted by Gasteiger charge is 2.36. The minimum absolute atomic E-state index is 0.0975. The first-order valence-electron chi connectivity index (χ1n) is 11.4. The van der Waals surface area contributed by atoms with E-state index >= 15 is 0 Å². The molecule has 3 atom stereocenters. The summed E-state index contributed by atoms with van der Waals surface area (Å²) in [5, 5.41) is 17.2. The zero-order valence-electron chi connectivity index (χ0n) is 20.7. The topological polar surface area (TPSA) is 151 Å². The smallest absolute Gasteiger partial charge is 0.240 e. The van der Waals surface area contributed by atoms with Gasteiger partial charge < -0.3 is 19.3 Å². The van der Waals surface area contributed by atoms with Gasteiger partial charge in [0, 0.05) is 18.0 Å². The Kier molecular flexibility index (Phi) is 7.54. The molecule has 0 amide bonds. The lowest BCUT2D eigenvalue weighted by molar-refractivity contribution is -0.0397. The second-order valence-corrected chi connectivity index (χ2v) is 10.8. The van der Waals surface area contributed by atoms with E-state index in [0.29, 0.717) is 17.1 Å². The number of aliphatic hydroxyl groups is 1. The maximum Gasteiger partial charge on any atom is 0.240 e. The molecule has 3 aromatic rings. The number of aryl methyl sites for hydroxylation is 1. The van der Waals surface area contributed by atoms with Crippen LogP contribution in [0.15, 0.2) is 30.6 Å². The number of rotatable bonds is 9. The summed E-state index contributed by atoms with van der Waals surface area (Å²) in [7, 11) is -2.55. The van der Waals surface area contributed by atoms with E-state index in [1.165, 1.54) is 11.5 Å². The molecule has 0 spiro atoms. The van der Waals surface area contributed by atoms with Crippen LogP contribution in [0, 0.1) is 6.92 Å². The molecule has 2 N–H and O–H groups in total. The van der Waals surface area contributed by atoms with Crippen molar-refractivity contribution >= 4 is 16.0 Å². The Bertz CT molecular complexity index is 1310. The molecule has 0 fully saturated rings. The minimum atomic E-state index is -4.09. The van der Waals surface area contributed by atoms with Crippen molar-refractivity contribution in [1.29, 1.82) is 0 Å². The van der Waals surface area contributed by atoms with Gasteiger partial charge in [-0.25, -0.2) is 18.4 Å². The van der Waals surface area contributed by atoms with Gasteiger partial charge in [0.2, 0.25) is 16.0 Å². The normalized spacial score (nSPS) is 17.1. The highest BCUT2D eigenvalue weighted by atomic mass is 32.2. The predicted molar refractivity (Wildman–Crippen MR) is 131 cm³/mol. The molecule has 194 valence electrons. The standard InChI is InChI=1S/C23H30N6O6S/c1-13(2)35-20(21-24-9-14(3)10-25-21)15(4)36(31,32)28-23-27-26-22-18-8-17(33-5)7-6-16(18)12-34-19(11-30)29(22)23/h6-10,13,15,19-20,30H,11-12H2,1-5H3,(H,27,28)/t15-,19-,20+/m0/s1. The van der Waals surface area contributed by atoms with Crippen molar-refractivity contribution in [2.45, 2.75) is 58.0 Å². The third kappa shape index (κ3) is 5.19. The Labute approximate surface area is 209 Å². The summed E-state index contributed by atoms with van der Waals surface area (Å²) in [5.74, 6) is 1.08. The van der Waals surface area contributed by atoms with E-state index in [0.717, 1.165) is 11.1 Å². The van der Waals surface area contributed by atoms with Crippen molar-refractivity contribution in [2.75, 3.05) is 18.4 Å². The van der Waals surface area contributed by atoms with E-state index in [2.05, 4.69) is 24.9 Å². The number of hydrogen-bond acceptors (Lipinski definition) is 10. The summed E-state index contributed by atoms with van der Waals surface area (Å²) < 4.78 is 48.1. The van der Waals surface area contributed by atoms with E-state index in [1.807, 2.05) is 13.0 Å². The fraction of sp³-hybridized carbons (Fsp3) is 0.478. The fourth-order valence-electron chi connectivity index (χ4n) is 3.84. The van der Waals surface area contributed by atoms with Gasteiger partial charge in [-0.3, -0.25) is 9.29 Å². The summed E-state index contributed by atoms with van der Waals surface area (Å²) >= 11 is 0. The Hall–Kier alpha value is -3.13. The molecule has 0 saturated carbocycles. The molecule has 13 heteroatoms. The summed E-state index contributed by atoms with van der Waals surface area (Å²) in [6, 6.07) is 5.38. The molecule has 0 aliphatic carbocycles. The molecule has 1 aliphatic rings. The van der Waals surface area contributed by atoms with Gasteiger partial charge in [-0.15, -0.1) is 10.2 Å². The molecule has 3 heterocycles. The van der Waals surface area contributed by atoms with Crippen LogP contribution in [0.4, 0.5) is 5.95 Å². The second-order valence-electron chi connectivity index (χ2n) is 8.76. The van der Waals surface area contributed by atoms with E-state index < -0.39 is 34.2 Å². The molecular weight excluding hydrogens is 488 g/mol. The van der Waals surface area contributed by atoms with Gasteiger partial charge in [-0.2, -0.15) is 0 Å². The van der Waals surface area contributed by atoms with Crippen LogP contribution in [0.1, 0.15) is 50.1 Å². The zero-order valence-corrected chi connectivity index (χ0v) is 21.6. The van der Waals surface area contributed by atoms with Crippen molar-refractivity contribution in [2.24, 2.45) is 0 Å². The number of aromatic nitrogens is 5. The number of hydrogen-bond donors (Lipinski definition) is 2. The average Bonchev–Trinajstić information content (AvgIpc) is 3.17. The van der Waals surface area contributed by atoms with Gasteiger partial charge in [0.1, 0.15) is 17.1 Å². The Morgan fingerprint density at radius 1 is 1.22 bits per heavy atom. The number of ether oxygens (including phenoxy) is 3. The maximum absolute atomic E-state index is 13.5. The molecule has 0 radical (unpaired) electrons. The molecule has 4 rings (SSSR count). The van der Waals surface area contributed by atoms with Crippen LogP contribution in [0.25, 0.3) is 11.4 Å². The summed E-state index contributed by atoms with van der Waals surface area (Å²) in [6.07, 6.45) is 1.09. The lowest BCUT2D eigenvalue weighted by atomic mass is 10.1. The molecule has 1 aliphatic heterocycles. The van der Waals surface area contributed by atoms with Crippen molar-refractivity contribution in [3.8, 4) is 17.1 Å².